The van der Waals surface area contributed by atoms with Crippen molar-refractivity contribution in [2.75, 3.05) is 13.2 Å². The second-order valence-electron chi connectivity index (χ2n) is 8.85. The lowest BCUT2D eigenvalue weighted by atomic mass is 9.81. The predicted octanol–water partition coefficient (Wildman–Crippen LogP) is 3.82. The molecule has 0 bridgehead atoms. The number of amides is 1. The molecule has 2 aliphatic rings. The van der Waals surface area contributed by atoms with Crippen LogP contribution in [-0.2, 0) is 11.3 Å². The number of fused-ring (bicyclic) bond motifs is 2. The summed E-state index contributed by atoms with van der Waals surface area (Å²) in [6.45, 7) is 1.43. The molecule has 8 heteroatoms. The van der Waals surface area contributed by atoms with E-state index in [1.165, 1.54) is 0 Å². The van der Waals surface area contributed by atoms with E-state index >= 15 is 0 Å². The van der Waals surface area contributed by atoms with Gasteiger partial charge in [-0.25, -0.2) is 0 Å². The summed E-state index contributed by atoms with van der Waals surface area (Å²) in [5.74, 6) is 1.83. The number of benzene rings is 2. The number of nitrogens with one attached hydrogen (secondary N) is 2. The third kappa shape index (κ3) is 4.66. The van der Waals surface area contributed by atoms with Crippen LogP contribution in [0.25, 0.3) is 10.9 Å². The standard InChI is InChI=1S/C25H27N3O4S/c29-23(26-13-18-15-31-21-7-3-4-8-22(21)32-18)17-11-9-16(10-12-17)14-28-24(30)19-5-1-2-6-20(19)27-25(28)33/h1-8,16-18H,9-15H2,(H,26,29)(H,27,33). The fourth-order valence-electron chi connectivity index (χ4n) is 4.75. The molecule has 5 rings (SSSR count). The second-order valence-corrected chi connectivity index (χ2v) is 9.24. The third-order valence-corrected chi connectivity index (χ3v) is 6.94. The first kappa shape index (κ1) is 21.7. The molecule has 1 aliphatic carbocycles. The van der Waals surface area contributed by atoms with Crippen molar-refractivity contribution in [2.45, 2.75) is 38.3 Å². The number of carbonyl (C=O) groups is 1. The summed E-state index contributed by atoms with van der Waals surface area (Å²) >= 11 is 5.44. The highest BCUT2D eigenvalue weighted by atomic mass is 32.1. The maximum atomic E-state index is 12.9. The molecule has 3 aromatic rings. The number of rotatable bonds is 5. The van der Waals surface area contributed by atoms with E-state index in [0.29, 0.717) is 41.5 Å². The minimum atomic E-state index is -0.193. The van der Waals surface area contributed by atoms with Gasteiger partial charge < -0.3 is 19.8 Å². The Balaban J connectivity index is 1.13. The highest BCUT2D eigenvalue weighted by Gasteiger charge is 2.28. The molecule has 2 heterocycles. The Morgan fingerprint density at radius 1 is 1.06 bits per heavy atom. The fourth-order valence-corrected chi connectivity index (χ4v) is 5.02. The van der Waals surface area contributed by atoms with Gasteiger partial charge in [0.1, 0.15) is 12.7 Å². The topological polar surface area (TPSA) is 85.3 Å². The Labute approximate surface area is 196 Å². The van der Waals surface area contributed by atoms with E-state index < -0.39 is 0 Å². The quantitative estimate of drug-likeness (QED) is 0.560. The minimum absolute atomic E-state index is 0.0131. The molecule has 2 aromatic carbocycles. The maximum Gasteiger partial charge on any atom is 0.262 e. The highest BCUT2D eigenvalue weighted by Crippen LogP contribution is 2.32. The van der Waals surface area contributed by atoms with Crippen molar-refractivity contribution in [3.8, 4) is 11.5 Å². The molecule has 0 spiro atoms. The van der Waals surface area contributed by atoms with E-state index in [2.05, 4.69) is 10.3 Å². The van der Waals surface area contributed by atoms with Crippen LogP contribution in [0.4, 0.5) is 0 Å². The van der Waals surface area contributed by atoms with Crippen LogP contribution in [0, 0.1) is 16.6 Å². The molecule has 1 amide bonds. The summed E-state index contributed by atoms with van der Waals surface area (Å²) in [4.78, 5) is 28.8. The molecule has 2 N–H and O–H groups in total. The van der Waals surface area contributed by atoms with Gasteiger partial charge in [0.15, 0.2) is 16.3 Å². The lowest BCUT2D eigenvalue weighted by Crippen LogP contribution is -2.43. The number of para-hydroxylation sites is 3. The van der Waals surface area contributed by atoms with Crippen molar-refractivity contribution in [2.24, 2.45) is 11.8 Å². The Morgan fingerprint density at radius 3 is 2.61 bits per heavy atom. The van der Waals surface area contributed by atoms with Gasteiger partial charge in [0, 0.05) is 12.5 Å². The summed E-state index contributed by atoms with van der Waals surface area (Å²) in [6, 6.07) is 15.0. The largest absolute Gasteiger partial charge is 0.486 e. The first-order valence-corrected chi connectivity index (χ1v) is 11.9. The smallest absolute Gasteiger partial charge is 0.262 e. The molecule has 1 fully saturated rings. The molecule has 1 saturated carbocycles. The summed E-state index contributed by atoms with van der Waals surface area (Å²) < 4.78 is 13.8. The summed E-state index contributed by atoms with van der Waals surface area (Å²) in [6.07, 6.45) is 3.20. The predicted molar refractivity (Wildman–Crippen MR) is 128 cm³/mol. The lowest BCUT2D eigenvalue weighted by molar-refractivity contribution is -0.126. The summed E-state index contributed by atoms with van der Waals surface area (Å²) in [7, 11) is 0. The van der Waals surface area contributed by atoms with Crippen molar-refractivity contribution in [3.63, 3.8) is 0 Å². The number of carbonyl (C=O) groups excluding carboxylic acids is 1. The third-order valence-electron chi connectivity index (χ3n) is 6.62. The molecule has 172 valence electrons. The van der Waals surface area contributed by atoms with Crippen molar-refractivity contribution < 1.29 is 14.3 Å². The van der Waals surface area contributed by atoms with E-state index in [0.717, 1.165) is 36.9 Å². The van der Waals surface area contributed by atoms with Crippen LogP contribution in [0.1, 0.15) is 25.7 Å². The van der Waals surface area contributed by atoms with Gasteiger partial charge in [-0.05, 0) is 68.1 Å². The van der Waals surface area contributed by atoms with E-state index in [1.807, 2.05) is 48.5 Å². The van der Waals surface area contributed by atoms with Crippen molar-refractivity contribution >= 4 is 29.0 Å². The van der Waals surface area contributed by atoms with Gasteiger partial charge in [-0.3, -0.25) is 14.2 Å². The zero-order chi connectivity index (χ0) is 22.8. The van der Waals surface area contributed by atoms with Gasteiger partial charge >= 0.3 is 0 Å². The minimum Gasteiger partial charge on any atom is -0.486 e. The van der Waals surface area contributed by atoms with Crippen LogP contribution in [0.3, 0.4) is 0 Å². The Bertz CT molecular complexity index is 1280. The van der Waals surface area contributed by atoms with E-state index in [9.17, 15) is 9.59 Å². The Kier molecular flexibility index (Phi) is 6.17. The first-order chi connectivity index (χ1) is 16.1. The number of hydrogen-bond donors (Lipinski definition) is 2. The molecular formula is C25H27N3O4S. The lowest BCUT2D eigenvalue weighted by Gasteiger charge is -2.30. The van der Waals surface area contributed by atoms with Crippen LogP contribution in [0.5, 0.6) is 11.5 Å². The van der Waals surface area contributed by atoms with E-state index in [1.54, 1.807) is 4.57 Å². The summed E-state index contributed by atoms with van der Waals surface area (Å²) in [5.41, 5.74) is 0.713. The van der Waals surface area contributed by atoms with Crippen LogP contribution < -0.4 is 20.3 Å². The second kappa shape index (κ2) is 9.39. The zero-order valence-corrected chi connectivity index (χ0v) is 19.1. The van der Waals surface area contributed by atoms with Gasteiger partial charge in [0.05, 0.1) is 17.4 Å². The Morgan fingerprint density at radius 2 is 1.79 bits per heavy atom. The molecule has 1 atom stereocenters. The molecular weight excluding hydrogens is 438 g/mol. The average molecular weight is 466 g/mol. The monoisotopic (exact) mass is 465 g/mol. The zero-order valence-electron chi connectivity index (χ0n) is 18.3. The first-order valence-electron chi connectivity index (χ1n) is 11.5. The fraction of sp³-hybridized carbons (Fsp3) is 0.400. The molecule has 7 nitrogen and oxygen atoms in total. The number of aromatic amines is 1. The van der Waals surface area contributed by atoms with Gasteiger partial charge in [-0.15, -0.1) is 0 Å². The molecule has 33 heavy (non-hydrogen) atoms. The van der Waals surface area contributed by atoms with Crippen LogP contribution in [0.15, 0.2) is 53.3 Å². The van der Waals surface area contributed by atoms with Crippen LogP contribution in [0.2, 0.25) is 0 Å². The summed E-state index contributed by atoms with van der Waals surface area (Å²) in [5, 5.41) is 3.68. The van der Waals surface area contributed by atoms with E-state index in [4.69, 9.17) is 21.7 Å². The van der Waals surface area contributed by atoms with Crippen molar-refractivity contribution in [1.29, 1.82) is 0 Å². The van der Waals surface area contributed by atoms with Crippen LogP contribution in [-0.4, -0.2) is 34.7 Å². The van der Waals surface area contributed by atoms with Crippen molar-refractivity contribution in [1.82, 2.24) is 14.9 Å². The molecule has 1 aliphatic heterocycles. The number of nitrogens with zero attached hydrogens (tertiary/aromatic N) is 1. The Hall–Kier alpha value is -3.13. The van der Waals surface area contributed by atoms with E-state index in [-0.39, 0.29) is 23.5 Å². The number of ether oxygens (including phenoxy) is 2. The van der Waals surface area contributed by atoms with Crippen molar-refractivity contribution in [3.05, 3.63) is 63.7 Å². The highest BCUT2D eigenvalue weighted by molar-refractivity contribution is 7.71. The molecule has 1 aromatic heterocycles. The van der Waals surface area contributed by atoms with Crippen LogP contribution >= 0.6 is 12.2 Å². The SMILES string of the molecule is O=C(NCC1COc2ccccc2O1)C1CCC(Cn2c(=S)[nH]c3ccccc3c2=O)CC1. The number of aromatic nitrogens is 2. The van der Waals surface area contributed by atoms with Gasteiger partial charge in [-0.1, -0.05) is 24.3 Å². The number of H-pyrrole nitrogens is 1. The molecule has 0 saturated heterocycles. The molecule has 0 radical (unpaired) electrons. The van der Waals surface area contributed by atoms with Gasteiger partial charge in [0.2, 0.25) is 5.91 Å². The van der Waals surface area contributed by atoms with Gasteiger partial charge in [-0.2, -0.15) is 0 Å². The average Bonchev–Trinajstić information content (AvgIpc) is 2.85. The molecule has 1 unspecified atom stereocenters. The number of hydrogen-bond acceptors (Lipinski definition) is 5. The maximum absolute atomic E-state index is 12.9. The normalized spacial score (nSPS) is 22.1. The van der Waals surface area contributed by atoms with Gasteiger partial charge in [0.25, 0.3) is 5.56 Å².